The van der Waals surface area contributed by atoms with Crippen LogP contribution in [0, 0.1) is 12.1 Å². The predicted octanol–water partition coefficient (Wildman–Crippen LogP) is 2.42. The Morgan fingerprint density at radius 2 is 2.42 bits per heavy atom. The fourth-order valence-electron chi connectivity index (χ4n) is 1.38. The Morgan fingerprint density at radius 3 is 3.00 bits per heavy atom. The van der Waals surface area contributed by atoms with Gasteiger partial charge in [0.1, 0.15) is 6.20 Å². The van der Waals surface area contributed by atoms with Crippen molar-refractivity contribution < 1.29 is 0 Å². The molecule has 12 heavy (non-hydrogen) atoms. The fourth-order valence-corrected chi connectivity index (χ4v) is 1.94. The SMILES string of the molecule is CCc1c(Br)[c]nn1CC1CC1. The molecule has 0 amide bonds. The van der Waals surface area contributed by atoms with E-state index < -0.39 is 0 Å². The molecule has 0 saturated heterocycles. The van der Waals surface area contributed by atoms with Gasteiger partial charge in [0, 0.05) is 6.54 Å². The highest BCUT2D eigenvalue weighted by atomic mass is 79.9. The van der Waals surface area contributed by atoms with Gasteiger partial charge in [-0.2, -0.15) is 5.10 Å². The average Bonchev–Trinajstić information content (AvgIpc) is 2.78. The first-order chi connectivity index (χ1) is 5.81. The lowest BCUT2D eigenvalue weighted by atomic mass is 10.3. The third kappa shape index (κ3) is 1.56. The highest BCUT2D eigenvalue weighted by molar-refractivity contribution is 9.10. The summed E-state index contributed by atoms with van der Waals surface area (Å²) >= 11 is 3.45. The molecule has 2 rings (SSSR count). The summed E-state index contributed by atoms with van der Waals surface area (Å²) in [5, 5.41) is 4.21. The van der Waals surface area contributed by atoms with Gasteiger partial charge in [-0.25, -0.2) is 0 Å². The molecule has 0 N–H and O–H groups in total. The Balaban J connectivity index is 2.16. The number of nitrogens with zero attached hydrogens (tertiary/aromatic N) is 2. The predicted molar refractivity (Wildman–Crippen MR) is 50.9 cm³/mol. The summed E-state index contributed by atoms with van der Waals surface area (Å²) in [6, 6.07) is 0. The van der Waals surface area contributed by atoms with E-state index in [1.54, 1.807) is 0 Å². The molecule has 3 heteroatoms. The first-order valence-corrected chi connectivity index (χ1v) is 5.23. The van der Waals surface area contributed by atoms with Crippen molar-refractivity contribution in [3.8, 4) is 0 Å². The molecule has 0 bridgehead atoms. The number of rotatable bonds is 3. The number of hydrogen-bond acceptors (Lipinski definition) is 1. The van der Waals surface area contributed by atoms with Crippen molar-refractivity contribution >= 4 is 15.9 Å². The molecule has 1 aliphatic carbocycles. The number of halogens is 1. The Kier molecular flexibility index (Phi) is 2.22. The molecule has 1 aromatic rings. The lowest BCUT2D eigenvalue weighted by Gasteiger charge is -2.03. The Labute approximate surface area is 81.1 Å². The first-order valence-electron chi connectivity index (χ1n) is 4.44. The minimum atomic E-state index is 0.885. The van der Waals surface area contributed by atoms with E-state index >= 15 is 0 Å². The molecule has 1 radical (unpaired) electrons. The zero-order valence-corrected chi connectivity index (χ0v) is 8.76. The van der Waals surface area contributed by atoms with E-state index in [-0.39, 0.29) is 0 Å². The molecular weight excluding hydrogens is 216 g/mol. The summed E-state index contributed by atoms with van der Waals surface area (Å²) in [7, 11) is 0. The van der Waals surface area contributed by atoms with Crippen LogP contribution in [-0.4, -0.2) is 9.78 Å². The largest absolute Gasteiger partial charge is 0.267 e. The fraction of sp³-hybridized carbons (Fsp3) is 0.667. The summed E-state index contributed by atoms with van der Waals surface area (Å²) in [6.07, 6.45) is 6.73. The second-order valence-corrected chi connectivity index (χ2v) is 4.14. The van der Waals surface area contributed by atoms with Gasteiger partial charge in [0.15, 0.2) is 0 Å². The third-order valence-electron chi connectivity index (χ3n) is 2.30. The third-order valence-corrected chi connectivity index (χ3v) is 2.93. The summed E-state index contributed by atoms with van der Waals surface area (Å²) in [6.45, 7) is 3.24. The van der Waals surface area contributed by atoms with Gasteiger partial charge in [-0.15, -0.1) is 0 Å². The molecule has 1 heterocycles. The summed E-state index contributed by atoms with van der Waals surface area (Å²) in [5.41, 5.74) is 1.28. The van der Waals surface area contributed by atoms with Crippen molar-refractivity contribution in [2.75, 3.05) is 0 Å². The van der Waals surface area contributed by atoms with Crippen LogP contribution in [0.4, 0.5) is 0 Å². The molecule has 0 aliphatic heterocycles. The number of hydrogen-bond donors (Lipinski definition) is 0. The van der Waals surface area contributed by atoms with Crippen molar-refractivity contribution in [2.45, 2.75) is 32.7 Å². The van der Waals surface area contributed by atoms with Gasteiger partial charge in [0.25, 0.3) is 0 Å². The van der Waals surface area contributed by atoms with Crippen LogP contribution in [0.3, 0.4) is 0 Å². The van der Waals surface area contributed by atoms with Crippen LogP contribution in [0.25, 0.3) is 0 Å². The van der Waals surface area contributed by atoms with Crippen LogP contribution < -0.4 is 0 Å². The van der Waals surface area contributed by atoms with E-state index in [1.807, 2.05) is 0 Å². The van der Waals surface area contributed by atoms with Crippen molar-refractivity contribution in [1.29, 1.82) is 0 Å². The molecule has 0 atom stereocenters. The van der Waals surface area contributed by atoms with E-state index in [0.717, 1.165) is 23.4 Å². The minimum Gasteiger partial charge on any atom is -0.267 e. The zero-order chi connectivity index (χ0) is 8.55. The first kappa shape index (κ1) is 8.30. The number of aromatic nitrogens is 2. The lowest BCUT2D eigenvalue weighted by molar-refractivity contribution is 0.541. The molecule has 1 aromatic heterocycles. The summed E-state index contributed by atoms with van der Waals surface area (Å²) in [4.78, 5) is 0. The standard InChI is InChI=1S/C9H12BrN2/c1-2-9-8(10)5-11-12(9)6-7-3-4-7/h7H,2-4,6H2,1H3. The van der Waals surface area contributed by atoms with Gasteiger partial charge in [-0.05, 0) is 41.1 Å². The Hall–Kier alpha value is -0.310. The van der Waals surface area contributed by atoms with Crippen LogP contribution in [0.1, 0.15) is 25.5 Å². The quantitative estimate of drug-likeness (QED) is 0.776. The van der Waals surface area contributed by atoms with Crippen LogP contribution in [0.5, 0.6) is 0 Å². The maximum atomic E-state index is 4.21. The molecule has 2 nitrogen and oxygen atoms in total. The molecule has 65 valence electrons. The minimum absolute atomic E-state index is 0.885. The van der Waals surface area contributed by atoms with Gasteiger partial charge < -0.3 is 0 Å². The second-order valence-electron chi connectivity index (χ2n) is 3.35. The molecule has 1 aliphatic rings. The van der Waals surface area contributed by atoms with E-state index in [9.17, 15) is 0 Å². The van der Waals surface area contributed by atoms with E-state index in [2.05, 4.69) is 38.8 Å². The lowest BCUT2D eigenvalue weighted by Crippen LogP contribution is -2.05. The van der Waals surface area contributed by atoms with E-state index in [1.165, 1.54) is 18.5 Å². The van der Waals surface area contributed by atoms with Gasteiger partial charge in [-0.1, -0.05) is 6.92 Å². The molecule has 0 aromatic carbocycles. The molecular formula is C9H12BrN2. The van der Waals surface area contributed by atoms with Crippen LogP contribution in [-0.2, 0) is 13.0 Å². The zero-order valence-electron chi connectivity index (χ0n) is 7.18. The van der Waals surface area contributed by atoms with Crippen molar-refractivity contribution in [3.05, 3.63) is 16.4 Å². The van der Waals surface area contributed by atoms with E-state index in [4.69, 9.17) is 0 Å². The topological polar surface area (TPSA) is 17.8 Å². The Morgan fingerprint density at radius 1 is 1.67 bits per heavy atom. The molecule has 0 unspecified atom stereocenters. The summed E-state index contributed by atoms with van der Waals surface area (Å²) < 4.78 is 3.12. The molecule has 1 saturated carbocycles. The maximum absolute atomic E-state index is 4.21. The van der Waals surface area contributed by atoms with Crippen molar-refractivity contribution in [2.24, 2.45) is 5.92 Å². The second kappa shape index (κ2) is 3.21. The maximum Gasteiger partial charge on any atom is 0.128 e. The Bertz CT molecular complexity index is 276. The van der Waals surface area contributed by atoms with Crippen LogP contribution in [0.2, 0.25) is 0 Å². The molecule has 1 fully saturated rings. The highest BCUT2D eigenvalue weighted by Crippen LogP contribution is 2.31. The van der Waals surface area contributed by atoms with Gasteiger partial charge in [-0.3, -0.25) is 4.68 Å². The van der Waals surface area contributed by atoms with Crippen molar-refractivity contribution in [3.63, 3.8) is 0 Å². The van der Waals surface area contributed by atoms with Crippen LogP contribution >= 0.6 is 15.9 Å². The van der Waals surface area contributed by atoms with Gasteiger partial charge in [0.05, 0.1) is 10.2 Å². The van der Waals surface area contributed by atoms with Crippen molar-refractivity contribution in [1.82, 2.24) is 9.78 Å². The van der Waals surface area contributed by atoms with Gasteiger partial charge >= 0.3 is 0 Å². The molecule has 0 spiro atoms. The van der Waals surface area contributed by atoms with Crippen LogP contribution in [0.15, 0.2) is 4.47 Å². The monoisotopic (exact) mass is 227 g/mol. The smallest absolute Gasteiger partial charge is 0.128 e. The highest BCUT2D eigenvalue weighted by Gasteiger charge is 2.23. The van der Waals surface area contributed by atoms with Gasteiger partial charge in [0.2, 0.25) is 0 Å². The summed E-state index contributed by atoms with van der Waals surface area (Å²) in [5.74, 6) is 0.885. The van der Waals surface area contributed by atoms with E-state index in [0.29, 0.717) is 0 Å². The average molecular weight is 228 g/mol. The normalized spacial score (nSPS) is 16.8.